The fourth-order valence-corrected chi connectivity index (χ4v) is 3.10. The number of hydrogen-bond donors (Lipinski definition) is 0. The maximum atomic E-state index is 4.72. The summed E-state index contributed by atoms with van der Waals surface area (Å²) >= 11 is 0. The lowest BCUT2D eigenvalue weighted by Crippen LogP contribution is -2.02. The smallest absolute Gasteiger partial charge is 0.177 e. The molecule has 0 N–H and O–H groups in total. The molecule has 0 spiro atoms. The fourth-order valence-electron chi connectivity index (χ4n) is 3.10. The quantitative estimate of drug-likeness (QED) is 0.505. The van der Waals surface area contributed by atoms with Crippen LogP contribution in [0.15, 0.2) is 73.2 Å². The van der Waals surface area contributed by atoms with E-state index in [1.165, 1.54) is 0 Å². The van der Waals surface area contributed by atoms with Gasteiger partial charge in [0.1, 0.15) is 0 Å². The first-order chi connectivity index (χ1) is 12.9. The summed E-state index contributed by atoms with van der Waals surface area (Å²) in [5.74, 6) is 0.794. The number of pyridine rings is 2. The Balaban J connectivity index is 1.61. The van der Waals surface area contributed by atoms with Crippen LogP contribution < -0.4 is 0 Å². The van der Waals surface area contributed by atoms with Gasteiger partial charge in [0.2, 0.25) is 0 Å². The van der Waals surface area contributed by atoms with Crippen LogP contribution in [0, 0.1) is 0 Å². The predicted octanol–water partition coefficient (Wildman–Crippen LogP) is 3.33. The number of hydrogen-bond acceptors (Lipinski definition) is 5. The van der Waals surface area contributed by atoms with Gasteiger partial charge in [0.25, 0.3) is 0 Å². The third kappa shape index (κ3) is 2.48. The van der Waals surface area contributed by atoms with Crippen molar-refractivity contribution >= 4 is 16.6 Å². The van der Waals surface area contributed by atoms with Gasteiger partial charge in [0.05, 0.1) is 11.2 Å². The molecule has 1 aromatic carbocycles. The molecule has 0 unspecified atom stereocenters. The van der Waals surface area contributed by atoms with E-state index in [0.717, 1.165) is 39.2 Å². The van der Waals surface area contributed by atoms with Crippen LogP contribution in [0.3, 0.4) is 0 Å². The van der Waals surface area contributed by atoms with Gasteiger partial charge in [-0.05, 0) is 42.0 Å². The first-order valence-electron chi connectivity index (χ1n) is 8.33. The van der Waals surface area contributed by atoms with Gasteiger partial charge >= 0.3 is 0 Å². The van der Waals surface area contributed by atoms with E-state index in [1.807, 2.05) is 42.5 Å². The largest absolute Gasteiger partial charge is 0.264 e. The second-order valence-electron chi connectivity index (χ2n) is 6.01. The van der Waals surface area contributed by atoms with Crippen molar-refractivity contribution in [2.45, 2.75) is 6.42 Å². The number of aromatic nitrogens is 6. The molecule has 0 bridgehead atoms. The highest BCUT2D eigenvalue weighted by atomic mass is 15.4. The maximum Gasteiger partial charge on any atom is 0.177 e. The Morgan fingerprint density at radius 2 is 1.81 bits per heavy atom. The molecule has 0 saturated heterocycles. The molecule has 124 valence electrons. The van der Waals surface area contributed by atoms with E-state index in [0.29, 0.717) is 6.42 Å². The summed E-state index contributed by atoms with van der Waals surface area (Å²) in [6.45, 7) is 0. The van der Waals surface area contributed by atoms with Crippen molar-refractivity contribution in [1.82, 2.24) is 29.8 Å². The van der Waals surface area contributed by atoms with Crippen LogP contribution in [-0.2, 0) is 6.42 Å². The summed E-state index contributed by atoms with van der Waals surface area (Å²) < 4.78 is 1.80. The summed E-state index contributed by atoms with van der Waals surface area (Å²) in [4.78, 5) is 8.59. The van der Waals surface area contributed by atoms with E-state index in [2.05, 4.69) is 32.3 Å². The van der Waals surface area contributed by atoms with Gasteiger partial charge in [0, 0.05) is 36.0 Å². The summed E-state index contributed by atoms with van der Waals surface area (Å²) in [6, 6.07) is 17.9. The average Bonchev–Trinajstić information content (AvgIpc) is 3.11. The normalized spacial score (nSPS) is 11.2. The maximum absolute atomic E-state index is 4.72. The Hall–Kier alpha value is -3.67. The summed E-state index contributed by atoms with van der Waals surface area (Å²) in [5.41, 5.74) is 4.65. The highest BCUT2D eigenvalue weighted by molar-refractivity contribution is 5.82. The topological polar surface area (TPSA) is 68.9 Å². The first-order valence-corrected chi connectivity index (χ1v) is 8.33. The molecule has 5 aromatic rings. The molecule has 0 aliphatic carbocycles. The first kappa shape index (κ1) is 14.7. The van der Waals surface area contributed by atoms with E-state index in [4.69, 9.17) is 5.10 Å². The number of nitrogens with zero attached hydrogens (tertiary/aromatic N) is 6. The summed E-state index contributed by atoms with van der Waals surface area (Å²) in [6.07, 6.45) is 5.99. The van der Waals surface area contributed by atoms with Crippen molar-refractivity contribution in [1.29, 1.82) is 0 Å². The molecule has 0 saturated carbocycles. The molecule has 6 nitrogen and oxygen atoms in total. The third-order valence-corrected chi connectivity index (χ3v) is 4.37. The molecule has 26 heavy (non-hydrogen) atoms. The molecular formula is C20H14N6. The van der Waals surface area contributed by atoms with Crippen LogP contribution in [0.1, 0.15) is 11.4 Å². The van der Waals surface area contributed by atoms with Crippen molar-refractivity contribution in [2.75, 3.05) is 0 Å². The number of benzene rings is 1. The van der Waals surface area contributed by atoms with Gasteiger partial charge in [0.15, 0.2) is 11.5 Å². The SMILES string of the molecule is c1cncc(-c2ccc3nnc(Cc4cccc5ncccc45)n3n2)c1. The van der Waals surface area contributed by atoms with E-state index in [-0.39, 0.29) is 0 Å². The standard InChI is InChI=1S/C20H14N6/c1-4-14(16-6-3-11-22-18(16)7-1)12-20-24-23-19-9-8-17(25-26(19)20)15-5-2-10-21-13-15/h1-11,13H,12H2. The Bertz CT molecular complexity index is 1210. The van der Waals surface area contributed by atoms with Gasteiger partial charge in [-0.15, -0.1) is 10.2 Å². The Kier molecular flexibility index (Phi) is 3.38. The lowest BCUT2D eigenvalue weighted by atomic mass is 10.1. The van der Waals surface area contributed by atoms with E-state index in [9.17, 15) is 0 Å². The highest BCUT2D eigenvalue weighted by Crippen LogP contribution is 2.20. The molecule has 0 aliphatic heterocycles. The Morgan fingerprint density at radius 1 is 0.846 bits per heavy atom. The van der Waals surface area contributed by atoms with E-state index < -0.39 is 0 Å². The third-order valence-electron chi connectivity index (χ3n) is 4.37. The second kappa shape index (κ2) is 6.00. The van der Waals surface area contributed by atoms with Crippen molar-refractivity contribution in [2.24, 2.45) is 0 Å². The molecular weight excluding hydrogens is 324 g/mol. The van der Waals surface area contributed by atoms with Gasteiger partial charge in [-0.1, -0.05) is 18.2 Å². The molecule has 0 amide bonds. The van der Waals surface area contributed by atoms with Crippen LogP contribution in [0.5, 0.6) is 0 Å². The Labute approximate surface area is 149 Å². The molecule has 6 heteroatoms. The van der Waals surface area contributed by atoms with Crippen molar-refractivity contribution in [3.63, 3.8) is 0 Å². The minimum Gasteiger partial charge on any atom is -0.264 e. The highest BCUT2D eigenvalue weighted by Gasteiger charge is 2.11. The molecule has 5 rings (SSSR count). The van der Waals surface area contributed by atoms with Gasteiger partial charge in [-0.25, -0.2) is 0 Å². The zero-order valence-electron chi connectivity index (χ0n) is 13.8. The zero-order valence-corrected chi connectivity index (χ0v) is 13.8. The lowest BCUT2D eigenvalue weighted by Gasteiger charge is -2.06. The second-order valence-corrected chi connectivity index (χ2v) is 6.01. The van der Waals surface area contributed by atoms with Crippen molar-refractivity contribution < 1.29 is 0 Å². The van der Waals surface area contributed by atoms with Crippen LogP contribution in [0.25, 0.3) is 27.8 Å². The number of fused-ring (bicyclic) bond motifs is 2. The summed E-state index contributed by atoms with van der Waals surface area (Å²) in [7, 11) is 0. The lowest BCUT2D eigenvalue weighted by molar-refractivity contribution is 0.843. The molecule has 4 aromatic heterocycles. The molecule has 0 aliphatic rings. The van der Waals surface area contributed by atoms with Gasteiger partial charge < -0.3 is 0 Å². The molecule has 0 radical (unpaired) electrons. The van der Waals surface area contributed by atoms with Gasteiger partial charge in [-0.2, -0.15) is 9.61 Å². The van der Waals surface area contributed by atoms with Crippen molar-refractivity contribution in [3.05, 3.63) is 84.6 Å². The van der Waals surface area contributed by atoms with Crippen LogP contribution >= 0.6 is 0 Å². The molecule has 4 heterocycles. The zero-order chi connectivity index (χ0) is 17.3. The van der Waals surface area contributed by atoms with Crippen LogP contribution in [-0.4, -0.2) is 29.8 Å². The fraction of sp³-hybridized carbons (Fsp3) is 0.0500. The average molecular weight is 338 g/mol. The monoisotopic (exact) mass is 338 g/mol. The summed E-state index contributed by atoms with van der Waals surface area (Å²) in [5, 5.41) is 14.4. The van der Waals surface area contributed by atoms with Crippen LogP contribution in [0.2, 0.25) is 0 Å². The van der Waals surface area contributed by atoms with Crippen LogP contribution in [0.4, 0.5) is 0 Å². The molecule has 0 fully saturated rings. The number of rotatable bonds is 3. The Morgan fingerprint density at radius 3 is 2.73 bits per heavy atom. The van der Waals surface area contributed by atoms with E-state index >= 15 is 0 Å². The minimum atomic E-state index is 0.633. The molecule has 0 atom stereocenters. The predicted molar refractivity (Wildman–Crippen MR) is 98.6 cm³/mol. The van der Waals surface area contributed by atoms with Crippen molar-refractivity contribution in [3.8, 4) is 11.3 Å². The minimum absolute atomic E-state index is 0.633. The van der Waals surface area contributed by atoms with E-state index in [1.54, 1.807) is 23.1 Å². The van der Waals surface area contributed by atoms with Gasteiger partial charge in [-0.3, -0.25) is 9.97 Å².